The number of benzene rings is 1. The lowest BCUT2D eigenvalue weighted by Gasteiger charge is -2.16. The van der Waals surface area contributed by atoms with Crippen molar-refractivity contribution in [2.75, 3.05) is 40.4 Å². The number of hydrogen-bond acceptors (Lipinski definition) is 3. The molecule has 0 spiro atoms. The van der Waals surface area contributed by atoms with E-state index in [1.165, 1.54) is 17.5 Å². The Morgan fingerprint density at radius 2 is 1.80 bits per heavy atom. The number of nitrogens with zero attached hydrogens (tertiary/aromatic N) is 1. The second-order valence-electron chi connectivity index (χ2n) is 5.40. The summed E-state index contributed by atoms with van der Waals surface area (Å²) in [5.74, 6) is 0. The lowest BCUT2D eigenvalue weighted by atomic mass is 10.1. The predicted octanol–water partition coefficient (Wildman–Crippen LogP) is 2.70. The molecule has 114 valence electrons. The first kappa shape index (κ1) is 17.2. The number of hydrogen-bond donors (Lipinski definition) is 1. The average Bonchev–Trinajstić information content (AvgIpc) is 2.46. The van der Waals surface area contributed by atoms with E-state index in [4.69, 9.17) is 4.74 Å². The molecule has 0 saturated heterocycles. The van der Waals surface area contributed by atoms with Gasteiger partial charge in [0.2, 0.25) is 0 Å². The largest absolute Gasteiger partial charge is 0.385 e. The second kappa shape index (κ2) is 10.8. The van der Waals surface area contributed by atoms with Gasteiger partial charge in [0.1, 0.15) is 0 Å². The first-order chi connectivity index (χ1) is 9.76. The van der Waals surface area contributed by atoms with Crippen LogP contribution in [0, 0.1) is 0 Å². The van der Waals surface area contributed by atoms with Gasteiger partial charge in [-0.2, -0.15) is 0 Å². The van der Waals surface area contributed by atoms with Gasteiger partial charge >= 0.3 is 0 Å². The van der Waals surface area contributed by atoms with Gasteiger partial charge < -0.3 is 15.0 Å². The van der Waals surface area contributed by atoms with Gasteiger partial charge in [-0.3, -0.25) is 0 Å². The minimum Gasteiger partial charge on any atom is -0.385 e. The van der Waals surface area contributed by atoms with Crippen LogP contribution < -0.4 is 5.32 Å². The molecule has 0 atom stereocenters. The highest BCUT2D eigenvalue weighted by atomic mass is 16.5. The van der Waals surface area contributed by atoms with E-state index >= 15 is 0 Å². The quantitative estimate of drug-likeness (QED) is 0.630. The summed E-state index contributed by atoms with van der Waals surface area (Å²) in [5.41, 5.74) is 2.80. The smallest absolute Gasteiger partial charge is 0.0474 e. The van der Waals surface area contributed by atoms with E-state index in [1.54, 1.807) is 7.11 Å². The number of methoxy groups -OCH3 is 1. The molecule has 0 fully saturated rings. The van der Waals surface area contributed by atoms with Crippen LogP contribution in [0.25, 0.3) is 0 Å². The fraction of sp³-hybridized carbons (Fsp3) is 0.647. The molecule has 1 aromatic rings. The van der Waals surface area contributed by atoms with Gasteiger partial charge in [0.15, 0.2) is 0 Å². The van der Waals surface area contributed by atoms with Crippen LogP contribution in [0.15, 0.2) is 24.3 Å². The van der Waals surface area contributed by atoms with Crippen molar-refractivity contribution < 1.29 is 4.74 Å². The van der Waals surface area contributed by atoms with Crippen molar-refractivity contribution in [2.45, 2.75) is 32.7 Å². The monoisotopic (exact) mass is 278 g/mol. The molecule has 0 amide bonds. The van der Waals surface area contributed by atoms with Gasteiger partial charge in [0, 0.05) is 26.8 Å². The third-order valence-corrected chi connectivity index (χ3v) is 3.38. The molecule has 1 N–H and O–H groups in total. The van der Waals surface area contributed by atoms with Gasteiger partial charge in [-0.15, -0.1) is 0 Å². The van der Waals surface area contributed by atoms with E-state index in [2.05, 4.69) is 48.5 Å². The molecule has 0 aromatic heterocycles. The van der Waals surface area contributed by atoms with Gasteiger partial charge in [0.25, 0.3) is 0 Å². The van der Waals surface area contributed by atoms with Crippen LogP contribution in [-0.4, -0.2) is 45.3 Å². The highest BCUT2D eigenvalue weighted by Gasteiger charge is 2.00. The average molecular weight is 278 g/mol. The molecule has 0 aliphatic rings. The molecule has 0 radical (unpaired) electrons. The van der Waals surface area contributed by atoms with E-state index in [0.717, 1.165) is 45.6 Å². The molecular formula is C17H30N2O. The summed E-state index contributed by atoms with van der Waals surface area (Å²) >= 11 is 0. The molecule has 3 nitrogen and oxygen atoms in total. The van der Waals surface area contributed by atoms with E-state index in [0.29, 0.717) is 0 Å². The summed E-state index contributed by atoms with van der Waals surface area (Å²) < 4.78 is 5.08. The van der Waals surface area contributed by atoms with E-state index in [1.807, 2.05) is 0 Å². The molecular weight excluding hydrogens is 248 g/mol. The molecule has 1 aromatic carbocycles. The standard InChI is InChI=1S/C17H30N2O/c1-4-11-18-12-10-16-6-8-17(9-7-16)15-19(2)13-5-14-20-3/h6-9,18H,4-5,10-15H2,1-3H3. The predicted molar refractivity (Wildman–Crippen MR) is 86.1 cm³/mol. The Labute approximate surface area is 124 Å². The number of ether oxygens (including phenoxy) is 1. The van der Waals surface area contributed by atoms with Crippen LogP contribution in [0.3, 0.4) is 0 Å². The number of nitrogens with one attached hydrogen (secondary N) is 1. The van der Waals surface area contributed by atoms with Crippen LogP contribution in [0.5, 0.6) is 0 Å². The fourth-order valence-electron chi connectivity index (χ4n) is 2.22. The zero-order valence-corrected chi connectivity index (χ0v) is 13.3. The van der Waals surface area contributed by atoms with Crippen LogP contribution in [0.4, 0.5) is 0 Å². The summed E-state index contributed by atoms with van der Waals surface area (Å²) in [4.78, 5) is 2.34. The van der Waals surface area contributed by atoms with E-state index in [9.17, 15) is 0 Å². The third kappa shape index (κ3) is 7.63. The molecule has 0 bridgehead atoms. The SMILES string of the molecule is CCCNCCc1ccc(CN(C)CCCOC)cc1. The van der Waals surface area contributed by atoms with Gasteiger partial charge in [-0.05, 0) is 50.5 Å². The maximum absolute atomic E-state index is 5.08. The highest BCUT2D eigenvalue weighted by Crippen LogP contribution is 2.07. The molecule has 0 heterocycles. The molecule has 0 saturated carbocycles. The molecule has 0 unspecified atom stereocenters. The Kier molecular flexibility index (Phi) is 9.29. The van der Waals surface area contributed by atoms with Crippen LogP contribution in [0.2, 0.25) is 0 Å². The molecule has 20 heavy (non-hydrogen) atoms. The van der Waals surface area contributed by atoms with Gasteiger partial charge in [0.05, 0.1) is 0 Å². The molecule has 0 aliphatic heterocycles. The summed E-state index contributed by atoms with van der Waals surface area (Å²) in [6, 6.07) is 9.02. The Bertz CT molecular complexity index is 337. The summed E-state index contributed by atoms with van der Waals surface area (Å²) in [6.07, 6.45) is 3.41. The van der Waals surface area contributed by atoms with Crippen LogP contribution in [0.1, 0.15) is 30.9 Å². The Hall–Kier alpha value is -0.900. The van der Waals surface area contributed by atoms with Crippen molar-refractivity contribution in [3.05, 3.63) is 35.4 Å². The molecule has 0 aliphatic carbocycles. The first-order valence-corrected chi connectivity index (χ1v) is 7.72. The minimum absolute atomic E-state index is 0.841. The summed E-state index contributed by atoms with van der Waals surface area (Å²) in [7, 11) is 3.92. The van der Waals surface area contributed by atoms with Crippen molar-refractivity contribution in [2.24, 2.45) is 0 Å². The normalized spacial score (nSPS) is 11.2. The van der Waals surface area contributed by atoms with E-state index in [-0.39, 0.29) is 0 Å². The number of rotatable bonds is 11. The van der Waals surface area contributed by atoms with Gasteiger partial charge in [-0.25, -0.2) is 0 Å². The van der Waals surface area contributed by atoms with Crippen molar-refractivity contribution in [3.63, 3.8) is 0 Å². The topological polar surface area (TPSA) is 24.5 Å². The van der Waals surface area contributed by atoms with Crippen molar-refractivity contribution in [3.8, 4) is 0 Å². The summed E-state index contributed by atoms with van der Waals surface area (Å²) in [6.45, 7) is 7.32. The Morgan fingerprint density at radius 1 is 1.10 bits per heavy atom. The zero-order valence-electron chi connectivity index (χ0n) is 13.3. The van der Waals surface area contributed by atoms with Crippen LogP contribution >= 0.6 is 0 Å². The molecule has 1 rings (SSSR count). The minimum atomic E-state index is 0.841. The summed E-state index contributed by atoms with van der Waals surface area (Å²) in [5, 5.41) is 3.44. The highest BCUT2D eigenvalue weighted by molar-refractivity contribution is 5.22. The molecule has 3 heteroatoms. The van der Waals surface area contributed by atoms with Crippen LogP contribution in [-0.2, 0) is 17.7 Å². The Morgan fingerprint density at radius 3 is 2.45 bits per heavy atom. The van der Waals surface area contributed by atoms with Crippen molar-refractivity contribution >= 4 is 0 Å². The maximum atomic E-state index is 5.08. The lowest BCUT2D eigenvalue weighted by molar-refractivity contribution is 0.178. The fourth-order valence-corrected chi connectivity index (χ4v) is 2.22. The lowest BCUT2D eigenvalue weighted by Crippen LogP contribution is -2.20. The van der Waals surface area contributed by atoms with Crippen molar-refractivity contribution in [1.82, 2.24) is 10.2 Å². The van der Waals surface area contributed by atoms with Gasteiger partial charge in [-0.1, -0.05) is 31.2 Å². The van der Waals surface area contributed by atoms with E-state index < -0.39 is 0 Å². The zero-order chi connectivity index (χ0) is 14.6. The van der Waals surface area contributed by atoms with Crippen molar-refractivity contribution in [1.29, 1.82) is 0 Å². The third-order valence-electron chi connectivity index (χ3n) is 3.38. The maximum Gasteiger partial charge on any atom is 0.0474 e. The Balaban J connectivity index is 2.27. The second-order valence-corrected chi connectivity index (χ2v) is 5.40. The first-order valence-electron chi connectivity index (χ1n) is 7.72.